The molecule has 2 N–H and O–H groups in total. The number of aromatic nitrogens is 2. The topological polar surface area (TPSA) is 67.6 Å². The van der Waals surface area contributed by atoms with Crippen molar-refractivity contribution in [3.63, 3.8) is 0 Å². The predicted molar refractivity (Wildman–Crippen MR) is 79.7 cm³/mol. The number of benzene rings is 1. The number of nitriles is 1. The van der Waals surface area contributed by atoms with Crippen LogP contribution in [0.4, 0.5) is 5.82 Å². The molecule has 0 aliphatic carbocycles. The van der Waals surface area contributed by atoms with E-state index in [-0.39, 0.29) is 0 Å². The van der Waals surface area contributed by atoms with Crippen molar-refractivity contribution in [1.29, 1.82) is 5.26 Å². The Bertz CT molecular complexity index is 848. The van der Waals surface area contributed by atoms with E-state index in [2.05, 4.69) is 11.1 Å². The van der Waals surface area contributed by atoms with Gasteiger partial charge in [0.15, 0.2) is 0 Å². The maximum Gasteiger partial charge on any atom is 0.126 e. The summed E-state index contributed by atoms with van der Waals surface area (Å²) in [5.41, 5.74) is 9.61. The molecule has 0 amide bonds. The van der Waals surface area contributed by atoms with Crippen molar-refractivity contribution in [3.8, 4) is 11.8 Å². The lowest BCUT2D eigenvalue weighted by Gasteiger charge is -2.12. The van der Waals surface area contributed by atoms with Gasteiger partial charge in [-0.25, -0.2) is 0 Å². The van der Waals surface area contributed by atoms with Crippen LogP contribution in [0.15, 0.2) is 36.7 Å². The van der Waals surface area contributed by atoms with Gasteiger partial charge in [0.1, 0.15) is 11.9 Å². The second kappa shape index (κ2) is 4.39. The minimum atomic E-state index is 0.492. The van der Waals surface area contributed by atoms with Gasteiger partial charge >= 0.3 is 0 Å². The van der Waals surface area contributed by atoms with Crippen molar-refractivity contribution >= 4 is 16.6 Å². The number of fused-ring (bicyclic) bond motifs is 1. The third kappa shape index (κ3) is 1.57. The Balaban J connectivity index is 2.41. The third-order valence-electron chi connectivity index (χ3n) is 3.76. The standard InChI is InChI=1S/C16H14N4/c1-10-11(2)20(16(18)14(10)8-17)15-5-3-4-12-9-19-7-6-13(12)15/h3-7,9H,18H2,1-2H3. The second-order valence-corrected chi connectivity index (χ2v) is 4.79. The zero-order chi connectivity index (χ0) is 14.3. The Morgan fingerprint density at radius 3 is 2.75 bits per heavy atom. The summed E-state index contributed by atoms with van der Waals surface area (Å²) >= 11 is 0. The van der Waals surface area contributed by atoms with Crippen molar-refractivity contribution in [2.24, 2.45) is 0 Å². The summed E-state index contributed by atoms with van der Waals surface area (Å²) in [5.74, 6) is 0.492. The van der Waals surface area contributed by atoms with E-state index in [1.807, 2.05) is 48.9 Å². The number of nitrogen functional groups attached to an aromatic ring is 1. The van der Waals surface area contributed by atoms with Gasteiger partial charge in [0.25, 0.3) is 0 Å². The fourth-order valence-electron chi connectivity index (χ4n) is 2.59. The van der Waals surface area contributed by atoms with E-state index < -0.39 is 0 Å². The van der Waals surface area contributed by atoms with E-state index in [9.17, 15) is 5.26 Å². The van der Waals surface area contributed by atoms with Gasteiger partial charge in [-0.3, -0.25) is 9.55 Å². The molecule has 0 fully saturated rings. The predicted octanol–water partition coefficient (Wildman–Crippen LogP) is 3.10. The zero-order valence-corrected chi connectivity index (χ0v) is 11.4. The van der Waals surface area contributed by atoms with Crippen LogP contribution in [0, 0.1) is 25.2 Å². The minimum Gasteiger partial charge on any atom is -0.384 e. The fourth-order valence-corrected chi connectivity index (χ4v) is 2.59. The number of nitrogens with zero attached hydrogens (tertiary/aromatic N) is 3. The van der Waals surface area contributed by atoms with Gasteiger partial charge in [-0.15, -0.1) is 0 Å². The minimum absolute atomic E-state index is 0.492. The van der Waals surface area contributed by atoms with Gasteiger partial charge in [0.2, 0.25) is 0 Å². The number of hydrogen-bond donors (Lipinski definition) is 1. The molecule has 0 atom stereocenters. The van der Waals surface area contributed by atoms with Crippen molar-refractivity contribution < 1.29 is 0 Å². The SMILES string of the molecule is Cc1c(C#N)c(N)n(-c2cccc3cnccc23)c1C. The highest BCUT2D eigenvalue weighted by molar-refractivity contribution is 5.90. The van der Waals surface area contributed by atoms with Gasteiger partial charge in [0, 0.05) is 28.9 Å². The Labute approximate surface area is 117 Å². The molecule has 0 bridgehead atoms. The second-order valence-electron chi connectivity index (χ2n) is 4.79. The maximum absolute atomic E-state index is 9.24. The molecular formula is C16H14N4. The van der Waals surface area contributed by atoms with Crippen LogP contribution in [0.5, 0.6) is 0 Å². The smallest absolute Gasteiger partial charge is 0.126 e. The molecule has 0 spiro atoms. The highest BCUT2D eigenvalue weighted by atomic mass is 15.1. The first-order chi connectivity index (χ1) is 9.65. The Kier molecular flexibility index (Phi) is 2.69. The summed E-state index contributed by atoms with van der Waals surface area (Å²) in [7, 11) is 0. The molecule has 98 valence electrons. The maximum atomic E-state index is 9.24. The lowest BCUT2D eigenvalue weighted by atomic mass is 10.1. The van der Waals surface area contributed by atoms with Gasteiger partial charge in [0.05, 0.1) is 11.3 Å². The zero-order valence-electron chi connectivity index (χ0n) is 11.4. The molecule has 0 aliphatic rings. The van der Waals surface area contributed by atoms with E-state index in [4.69, 9.17) is 5.73 Å². The van der Waals surface area contributed by atoms with Crippen LogP contribution in [0.25, 0.3) is 16.5 Å². The van der Waals surface area contributed by atoms with Crippen molar-refractivity contribution in [2.75, 3.05) is 5.73 Å². The molecule has 20 heavy (non-hydrogen) atoms. The van der Waals surface area contributed by atoms with E-state index in [0.29, 0.717) is 11.4 Å². The van der Waals surface area contributed by atoms with Crippen LogP contribution in [-0.4, -0.2) is 9.55 Å². The van der Waals surface area contributed by atoms with Gasteiger partial charge in [-0.2, -0.15) is 5.26 Å². The highest BCUT2D eigenvalue weighted by Crippen LogP contribution is 2.31. The molecule has 1 aromatic carbocycles. The van der Waals surface area contributed by atoms with Crippen molar-refractivity contribution in [3.05, 3.63) is 53.5 Å². The number of hydrogen-bond acceptors (Lipinski definition) is 3. The van der Waals surface area contributed by atoms with Gasteiger partial charge in [-0.05, 0) is 31.5 Å². The average Bonchev–Trinajstić information content (AvgIpc) is 2.68. The molecule has 4 heteroatoms. The molecule has 2 heterocycles. The van der Waals surface area contributed by atoms with Gasteiger partial charge in [-0.1, -0.05) is 12.1 Å². The van der Waals surface area contributed by atoms with Crippen LogP contribution in [-0.2, 0) is 0 Å². The van der Waals surface area contributed by atoms with Crippen molar-refractivity contribution in [1.82, 2.24) is 9.55 Å². The van der Waals surface area contributed by atoms with Gasteiger partial charge < -0.3 is 5.73 Å². The fraction of sp³-hybridized carbons (Fsp3) is 0.125. The normalized spacial score (nSPS) is 10.7. The summed E-state index contributed by atoms with van der Waals surface area (Å²) in [4.78, 5) is 4.14. The summed E-state index contributed by atoms with van der Waals surface area (Å²) in [5, 5.41) is 11.4. The number of pyridine rings is 1. The number of nitrogens with two attached hydrogens (primary N) is 1. The largest absolute Gasteiger partial charge is 0.384 e. The van der Waals surface area contributed by atoms with Crippen LogP contribution in [0.3, 0.4) is 0 Å². The average molecular weight is 262 g/mol. The molecule has 0 radical (unpaired) electrons. The van der Waals surface area contributed by atoms with Crippen LogP contribution in [0.1, 0.15) is 16.8 Å². The summed E-state index contributed by atoms with van der Waals surface area (Å²) in [6.45, 7) is 3.90. The molecule has 0 aliphatic heterocycles. The number of rotatable bonds is 1. The first-order valence-electron chi connectivity index (χ1n) is 6.35. The monoisotopic (exact) mass is 262 g/mol. The highest BCUT2D eigenvalue weighted by Gasteiger charge is 2.17. The van der Waals surface area contributed by atoms with E-state index in [0.717, 1.165) is 27.7 Å². The van der Waals surface area contributed by atoms with E-state index >= 15 is 0 Å². The Morgan fingerprint density at radius 2 is 2.05 bits per heavy atom. The first kappa shape index (κ1) is 12.2. The van der Waals surface area contributed by atoms with E-state index in [1.54, 1.807) is 6.20 Å². The lowest BCUT2D eigenvalue weighted by Crippen LogP contribution is -2.03. The van der Waals surface area contributed by atoms with Crippen molar-refractivity contribution in [2.45, 2.75) is 13.8 Å². The van der Waals surface area contributed by atoms with Crippen LogP contribution in [0.2, 0.25) is 0 Å². The summed E-state index contributed by atoms with van der Waals surface area (Å²) < 4.78 is 1.94. The van der Waals surface area contributed by atoms with Crippen LogP contribution >= 0.6 is 0 Å². The number of anilines is 1. The molecule has 4 nitrogen and oxygen atoms in total. The molecule has 3 aromatic rings. The Hall–Kier alpha value is -2.80. The molecule has 0 saturated heterocycles. The molecule has 0 saturated carbocycles. The Morgan fingerprint density at radius 1 is 1.25 bits per heavy atom. The lowest BCUT2D eigenvalue weighted by molar-refractivity contribution is 1.03. The third-order valence-corrected chi connectivity index (χ3v) is 3.76. The summed E-state index contributed by atoms with van der Waals surface area (Å²) in [6.07, 6.45) is 3.59. The molecule has 3 rings (SSSR count). The quantitative estimate of drug-likeness (QED) is 0.732. The van der Waals surface area contributed by atoms with E-state index in [1.165, 1.54) is 0 Å². The van der Waals surface area contributed by atoms with Crippen LogP contribution < -0.4 is 5.73 Å². The molecule has 2 aromatic heterocycles. The summed E-state index contributed by atoms with van der Waals surface area (Å²) in [6, 6.07) is 10.1. The molecular weight excluding hydrogens is 248 g/mol. The first-order valence-corrected chi connectivity index (χ1v) is 6.35. The molecule has 0 unspecified atom stereocenters.